The molecule has 2 N–H and O–H groups in total. The van der Waals surface area contributed by atoms with E-state index in [9.17, 15) is 14.4 Å². The van der Waals surface area contributed by atoms with Gasteiger partial charge in [0.2, 0.25) is 11.8 Å². The summed E-state index contributed by atoms with van der Waals surface area (Å²) in [5, 5.41) is 5.98. The van der Waals surface area contributed by atoms with E-state index in [0.29, 0.717) is 30.1 Å². The molecular weight excluding hydrogens is 514 g/mol. The van der Waals surface area contributed by atoms with Crippen molar-refractivity contribution < 1.29 is 14.4 Å². The van der Waals surface area contributed by atoms with E-state index in [-0.39, 0.29) is 24.3 Å². The number of benzene rings is 2. The van der Waals surface area contributed by atoms with Crippen LogP contribution in [-0.2, 0) is 32.6 Å². The van der Waals surface area contributed by atoms with E-state index >= 15 is 0 Å². The highest BCUT2D eigenvalue weighted by molar-refractivity contribution is 6.47. The summed E-state index contributed by atoms with van der Waals surface area (Å²) in [7, 11) is 0. The average Bonchev–Trinajstić information content (AvgIpc) is 3.48. The molecule has 208 valence electrons. The van der Waals surface area contributed by atoms with Crippen molar-refractivity contribution in [2.75, 3.05) is 17.2 Å². The Morgan fingerprint density at radius 3 is 2.56 bits per heavy atom. The molecule has 7 rings (SSSR count). The van der Waals surface area contributed by atoms with Gasteiger partial charge >= 0.3 is 0 Å². The molecule has 1 saturated carbocycles. The lowest BCUT2D eigenvalue weighted by Gasteiger charge is -2.35. The van der Waals surface area contributed by atoms with Crippen molar-refractivity contribution in [1.29, 1.82) is 0 Å². The minimum Gasteiger partial charge on any atom is -0.325 e. The fourth-order valence-electron chi connectivity index (χ4n) is 7.23. The van der Waals surface area contributed by atoms with Gasteiger partial charge in [0.15, 0.2) is 0 Å². The van der Waals surface area contributed by atoms with Gasteiger partial charge in [-0.2, -0.15) is 0 Å². The average molecular weight is 548 g/mol. The highest BCUT2D eigenvalue weighted by Crippen LogP contribution is 2.47. The molecule has 2 aliphatic heterocycles. The van der Waals surface area contributed by atoms with Gasteiger partial charge in [-0.15, -0.1) is 0 Å². The second kappa shape index (κ2) is 9.65. The van der Waals surface area contributed by atoms with Gasteiger partial charge in [-0.1, -0.05) is 49.2 Å². The van der Waals surface area contributed by atoms with Crippen LogP contribution >= 0.6 is 0 Å². The number of rotatable bonds is 4. The number of aliphatic imine (C=N–C) groups is 1. The van der Waals surface area contributed by atoms with Crippen LogP contribution in [0.4, 0.5) is 11.5 Å². The van der Waals surface area contributed by atoms with Crippen molar-refractivity contribution in [3.05, 3.63) is 88.6 Å². The molecule has 8 nitrogen and oxygen atoms in total. The molecule has 8 heteroatoms. The van der Waals surface area contributed by atoms with Crippen molar-refractivity contribution >= 4 is 34.9 Å². The molecule has 3 heterocycles. The number of fused-ring (bicyclic) bond motifs is 3. The Hall–Kier alpha value is -4.33. The molecule has 2 aromatic carbocycles. The van der Waals surface area contributed by atoms with Crippen LogP contribution in [0.25, 0.3) is 0 Å². The van der Waals surface area contributed by atoms with Crippen LogP contribution in [0.3, 0.4) is 0 Å². The predicted molar refractivity (Wildman–Crippen MR) is 157 cm³/mol. The molecule has 1 aromatic heterocycles. The zero-order valence-corrected chi connectivity index (χ0v) is 23.2. The van der Waals surface area contributed by atoms with E-state index in [1.54, 1.807) is 11.1 Å². The number of carbonyl (C=O) groups excluding carboxylic acids is 3. The summed E-state index contributed by atoms with van der Waals surface area (Å²) in [6.07, 6.45) is 8.56. The number of nitrogens with zero attached hydrogens (tertiary/aromatic N) is 3. The Morgan fingerprint density at radius 1 is 0.976 bits per heavy atom. The Kier molecular flexibility index (Phi) is 6.03. The summed E-state index contributed by atoms with van der Waals surface area (Å²) in [5.41, 5.74) is 4.69. The zero-order valence-electron chi connectivity index (χ0n) is 23.2. The SMILES string of the molecule is Cc1ccccc1C1=NC2(CCCCCC2)N(CC(=O)Nc2ccc3c(c2)C[C@@]2(C3)C(=O)Nc3ncccc32)C1=O. The standard InChI is InChI=1S/C33H33N5O3/c1-21-9-4-5-10-25(21)28-30(40)38(33(37-28)14-6-2-3-7-15-33)20-27(39)35-24-13-12-22-18-32(19-23(22)17-24)26-11-8-16-34-29(26)36-31(32)41/h4-5,8-13,16-17H,2-3,6-7,14-15,18-20H2,1H3,(H,35,39)(H,34,36,41)/t32-/m1/s1. The maximum absolute atomic E-state index is 13.8. The summed E-state index contributed by atoms with van der Waals surface area (Å²) in [4.78, 5) is 51.5. The fourth-order valence-corrected chi connectivity index (χ4v) is 7.23. The molecular formula is C33H33N5O3. The van der Waals surface area contributed by atoms with Crippen molar-refractivity contribution in [3.63, 3.8) is 0 Å². The topological polar surface area (TPSA) is 104 Å². The molecule has 41 heavy (non-hydrogen) atoms. The molecule has 4 aliphatic rings. The highest BCUT2D eigenvalue weighted by atomic mass is 16.2. The van der Waals surface area contributed by atoms with Gasteiger partial charge in [0.25, 0.3) is 5.91 Å². The molecule has 3 aromatic rings. The molecule has 3 amide bonds. The van der Waals surface area contributed by atoms with Crippen molar-refractivity contribution in [3.8, 4) is 0 Å². The third kappa shape index (κ3) is 4.15. The maximum atomic E-state index is 13.8. The van der Waals surface area contributed by atoms with Crippen LogP contribution in [0, 0.1) is 6.92 Å². The summed E-state index contributed by atoms with van der Waals surface area (Å²) >= 11 is 0. The van der Waals surface area contributed by atoms with Gasteiger partial charge in [0, 0.05) is 23.0 Å². The van der Waals surface area contributed by atoms with Crippen LogP contribution in [-0.4, -0.2) is 45.5 Å². The van der Waals surface area contributed by atoms with Crippen molar-refractivity contribution in [2.45, 2.75) is 69.4 Å². The molecule has 1 atom stereocenters. The normalized spacial score (nSPS) is 22.4. The Balaban J connectivity index is 1.12. The number of hydrogen-bond donors (Lipinski definition) is 2. The highest BCUT2D eigenvalue weighted by Gasteiger charge is 2.51. The second-order valence-electron chi connectivity index (χ2n) is 11.9. The largest absolute Gasteiger partial charge is 0.325 e. The van der Waals surface area contributed by atoms with E-state index in [1.165, 1.54) is 0 Å². The maximum Gasteiger partial charge on any atom is 0.275 e. The van der Waals surface area contributed by atoms with E-state index in [4.69, 9.17) is 4.99 Å². The first-order valence-corrected chi connectivity index (χ1v) is 14.6. The number of aromatic nitrogens is 1. The first-order chi connectivity index (χ1) is 19.9. The fraction of sp³-hybridized carbons (Fsp3) is 0.364. The first kappa shape index (κ1) is 25.6. The van der Waals surface area contributed by atoms with Crippen LogP contribution in [0.5, 0.6) is 0 Å². The van der Waals surface area contributed by atoms with E-state index in [1.807, 2.05) is 61.5 Å². The molecule has 0 radical (unpaired) electrons. The number of nitrogens with one attached hydrogen (secondary N) is 2. The summed E-state index contributed by atoms with van der Waals surface area (Å²) < 4.78 is 0. The molecule has 2 spiro atoms. The van der Waals surface area contributed by atoms with Crippen LogP contribution in [0.15, 0.2) is 65.8 Å². The summed E-state index contributed by atoms with van der Waals surface area (Å²) in [6.45, 7) is 1.93. The van der Waals surface area contributed by atoms with Gasteiger partial charge in [0.1, 0.15) is 23.7 Å². The quantitative estimate of drug-likeness (QED) is 0.494. The lowest BCUT2D eigenvalue weighted by atomic mass is 9.79. The minimum absolute atomic E-state index is 0.0290. The molecule has 0 unspecified atom stereocenters. The van der Waals surface area contributed by atoms with Gasteiger partial charge < -0.3 is 15.5 Å². The molecule has 1 fully saturated rings. The third-order valence-corrected chi connectivity index (χ3v) is 9.34. The van der Waals surface area contributed by atoms with Gasteiger partial charge in [0.05, 0.1) is 5.41 Å². The lowest BCUT2D eigenvalue weighted by molar-refractivity contribution is -0.133. The number of carbonyl (C=O) groups is 3. The lowest BCUT2D eigenvalue weighted by Crippen LogP contribution is -2.50. The number of hydrogen-bond acceptors (Lipinski definition) is 5. The van der Waals surface area contributed by atoms with E-state index < -0.39 is 11.1 Å². The Bertz CT molecular complexity index is 1620. The number of anilines is 2. The number of pyridine rings is 1. The van der Waals surface area contributed by atoms with Gasteiger partial charge in [-0.3, -0.25) is 19.4 Å². The van der Waals surface area contributed by atoms with E-state index in [2.05, 4.69) is 15.6 Å². The Labute approximate surface area is 239 Å². The third-order valence-electron chi connectivity index (χ3n) is 9.34. The monoisotopic (exact) mass is 547 g/mol. The van der Waals surface area contributed by atoms with E-state index in [0.717, 1.165) is 66.3 Å². The molecule has 2 aliphatic carbocycles. The Morgan fingerprint density at radius 2 is 1.76 bits per heavy atom. The van der Waals surface area contributed by atoms with Crippen molar-refractivity contribution in [1.82, 2.24) is 9.88 Å². The molecule has 0 saturated heterocycles. The smallest absolute Gasteiger partial charge is 0.275 e. The molecule has 0 bridgehead atoms. The van der Waals surface area contributed by atoms with Crippen molar-refractivity contribution in [2.24, 2.45) is 4.99 Å². The zero-order chi connectivity index (χ0) is 28.2. The van der Waals surface area contributed by atoms with Crippen LogP contribution in [0.1, 0.15) is 66.3 Å². The van der Waals surface area contributed by atoms with Crippen LogP contribution < -0.4 is 10.6 Å². The van der Waals surface area contributed by atoms with Gasteiger partial charge in [-0.05, 0) is 80.3 Å². The minimum atomic E-state index is -0.676. The van der Waals surface area contributed by atoms with Crippen LogP contribution in [0.2, 0.25) is 0 Å². The number of aryl methyl sites for hydroxylation is 1. The predicted octanol–water partition coefficient (Wildman–Crippen LogP) is 4.70. The summed E-state index contributed by atoms with van der Waals surface area (Å²) in [6, 6.07) is 17.5. The summed E-state index contributed by atoms with van der Waals surface area (Å²) in [5.74, 6) is 0.184. The number of amides is 3. The van der Waals surface area contributed by atoms with Gasteiger partial charge in [-0.25, -0.2) is 4.98 Å². The second-order valence-corrected chi connectivity index (χ2v) is 11.9. The first-order valence-electron chi connectivity index (χ1n) is 14.6.